The van der Waals surface area contributed by atoms with Gasteiger partial charge < -0.3 is 5.32 Å². The van der Waals surface area contributed by atoms with Crippen LogP contribution in [0.5, 0.6) is 0 Å². The Labute approximate surface area is 147 Å². The molecule has 0 fully saturated rings. The van der Waals surface area contributed by atoms with Crippen molar-refractivity contribution in [3.8, 4) is 0 Å². The third-order valence-corrected chi connectivity index (χ3v) is 4.61. The van der Waals surface area contributed by atoms with Gasteiger partial charge >= 0.3 is 0 Å². The summed E-state index contributed by atoms with van der Waals surface area (Å²) in [4.78, 5) is 23.7. The van der Waals surface area contributed by atoms with Gasteiger partial charge in [0.15, 0.2) is 0 Å². The molecular weight excluding hydrogens is 350 g/mol. The third-order valence-electron chi connectivity index (χ3n) is 3.61. The van der Waals surface area contributed by atoms with Gasteiger partial charge in [-0.3, -0.25) is 14.9 Å². The lowest BCUT2D eigenvalue weighted by Gasteiger charge is -2.06. The van der Waals surface area contributed by atoms with Gasteiger partial charge in [-0.1, -0.05) is 25.2 Å². The lowest BCUT2D eigenvalue weighted by atomic mass is 10.1. The molecule has 0 saturated heterocycles. The molecule has 0 unspecified atom stereocenters. The number of aromatic nitrogens is 2. The summed E-state index contributed by atoms with van der Waals surface area (Å²) in [5.41, 5.74) is -0.332. The summed E-state index contributed by atoms with van der Waals surface area (Å²) < 4.78 is 26.3. The van der Waals surface area contributed by atoms with E-state index in [4.69, 9.17) is 0 Å². The molecule has 2 amide bonds. The molecule has 6 nitrogen and oxygen atoms in total. The zero-order valence-corrected chi connectivity index (χ0v) is 14.6. The van der Waals surface area contributed by atoms with E-state index in [1.54, 1.807) is 0 Å². The van der Waals surface area contributed by atoms with E-state index in [2.05, 4.69) is 34.7 Å². The Morgan fingerprint density at radius 1 is 1.20 bits per heavy atom. The van der Waals surface area contributed by atoms with E-state index < -0.39 is 23.4 Å². The van der Waals surface area contributed by atoms with Crippen LogP contribution in [-0.4, -0.2) is 28.6 Å². The summed E-state index contributed by atoms with van der Waals surface area (Å²) in [7, 11) is 0. The van der Waals surface area contributed by atoms with Crippen LogP contribution in [0.3, 0.4) is 0 Å². The maximum absolute atomic E-state index is 13.5. The molecule has 25 heavy (non-hydrogen) atoms. The highest BCUT2D eigenvalue weighted by atomic mass is 32.1. The van der Waals surface area contributed by atoms with Crippen molar-refractivity contribution in [2.24, 2.45) is 0 Å². The number of halogens is 2. The van der Waals surface area contributed by atoms with Gasteiger partial charge in [0.25, 0.3) is 5.91 Å². The van der Waals surface area contributed by atoms with E-state index >= 15 is 0 Å². The smallest absolute Gasteiger partial charge is 0.254 e. The Hall–Kier alpha value is -2.42. The van der Waals surface area contributed by atoms with Crippen LogP contribution in [0.15, 0.2) is 18.2 Å². The lowest BCUT2D eigenvalue weighted by Crippen LogP contribution is -2.33. The van der Waals surface area contributed by atoms with Crippen LogP contribution in [0.4, 0.5) is 13.9 Å². The monoisotopic (exact) mass is 368 g/mol. The Kier molecular flexibility index (Phi) is 6.51. The number of hydrogen-bond donors (Lipinski definition) is 2. The number of nitrogens with one attached hydrogen (secondary N) is 2. The highest BCUT2D eigenvalue weighted by Gasteiger charge is 2.16. The van der Waals surface area contributed by atoms with E-state index in [9.17, 15) is 18.4 Å². The van der Waals surface area contributed by atoms with Crippen LogP contribution in [0.2, 0.25) is 0 Å². The van der Waals surface area contributed by atoms with Crippen LogP contribution < -0.4 is 10.6 Å². The highest BCUT2D eigenvalue weighted by Crippen LogP contribution is 2.27. The molecule has 2 rings (SSSR count). The van der Waals surface area contributed by atoms with Gasteiger partial charge in [0.05, 0.1) is 12.1 Å². The van der Waals surface area contributed by atoms with Crippen LogP contribution in [0, 0.1) is 11.6 Å². The maximum atomic E-state index is 13.5. The molecule has 1 heterocycles. The second-order valence-electron chi connectivity index (χ2n) is 5.31. The van der Waals surface area contributed by atoms with E-state index in [0.29, 0.717) is 17.1 Å². The Morgan fingerprint density at radius 2 is 1.92 bits per heavy atom. The summed E-state index contributed by atoms with van der Waals surface area (Å²) in [5, 5.41) is 14.0. The van der Waals surface area contributed by atoms with Gasteiger partial charge in [0.2, 0.25) is 11.0 Å². The standard InChI is InChI=1S/C16H18F2N4O2S/c1-3-9(4-2)15-21-22-16(25-15)20-13(23)8-19-14(24)11-6-5-10(17)7-12(11)18/h5-7,9H,3-4,8H2,1-2H3,(H,19,24)(H,20,22,23). The quantitative estimate of drug-likeness (QED) is 0.787. The van der Waals surface area contributed by atoms with Gasteiger partial charge in [0.1, 0.15) is 16.6 Å². The van der Waals surface area contributed by atoms with Gasteiger partial charge in [-0.05, 0) is 25.0 Å². The highest BCUT2D eigenvalue weighted by molar-refractivity contribution is 7.15. The first kappa shape index (κ1) is 18.9. The molecule has 0 bridgehead atoms. The van der Waals surface area contributed by atoms with E-state index in [0.717, 1.165) is 30.0 Å². The summed E-state index contributed by atoms with van der Waals surface area (Å²) in [6, 6.07) is 2.60. The zero-order chi connectivity index (χ0) is 18.4. The molecule has 1 aromatic heterocycles. The normalized spacial score (nSPS) is 10.8. The first-order valence-electron chi connectivity index (χ1n) is 7.81. The minimum Gasteiger partial charge on any atom is -0.343 e. The number of hydrogen-bond acceptors (Lipinski definition) is 5. The number of rotatable bonds is 7. The van der Waals surface area contributed by atoms with Crippen molar-refractivity contribution in [3.05, 3.63) is 40.4 Å². The molecule has 0 spiro atoms. The summed E-state index contributed by atoms with van der Waals surface area (Å²) in [6.45, 7) is 3.74. The van der Waals surface area contributed by atoms with Gasteiger partial charge in [0, 0.05) is 12.0 Å². The second-order valence-corrected chi connectivity index (χ2v) is 6.32. The van der Waals surface area contributed by atoms with Crippen molar-refractivity contribution in [2.45, 2.75) is 32.6 Å². The molecule has 0 aliphatic carbocycles. The average Bonchev–Trinajstić information content (AvgIpc) is 3.02. The molecule has 134 valence electrons. The van der Waals surface area contributed by atoms with Crippen LogP contribution in [0.1, 0.15) is 48.0 Å². The Balaban J connectivity index is 1.89. The Morgan fingerprint density at radius 3 is 2.56 bits per heavy atom. The largest absolute Gasteiger partial charge is 0.343 e. The fraction of sp³-hybridized carbons (Fsp3) is 0.375. The number of carbonyl (C=O) groups is 2. The zero-order valence-electron chi connectivity index (χ0n) is 13.8. The minimum atomic E-state index is -0.989. The first-order chi connectivity index (χ1) is 11.9. The third kappa shape index (κ3) is 5.02. The fourth-order valence-electron chi connectivity index (χ4n) is 2.18. The molecule has 9 heteroatoms. The van der Waals surface area contributed by atoms with Crippen molar-refractivity contribution in [2.75, 3.05) is 11.9 Å². The van der Waals surface area contributed by atoms with Crippen LogP contribution >= 0.6 is 11.3 Å². The van der Waals surface area contributed by atoms with E-state index in [1.165, 1.54) is 11.3 Å². The van der Waals surface area contributed by atoms with Crippen molar-refractivity contribution in [1.29, 1.82) is 0 Å². The molecule has 2 aromatic rings. The molecule has 0 aliphatic heterocycles. The molecule has 2 N–H and O–H groups in total. The van der Waals surface area contributed by atoms with Crippen molar-refractivity contribution >= 4 is 28.3 Å². The van der Waals surface area contributed by atoms with Crippen LogP contribution in [-0.2, 0) is 4.79 Å². The Bertz CT molecular complexity index is 762. The van der Waals surface area contributed by atoms with Crippen molar-refractivity contribution in [1.82, 2.24) is 15.5 Å². The predicted octanol–water partition coefficient (Wildman–Crippen LogP) is 3.09. The lowest BCUT2D eigenvalue weighted by molar-refractivity contribution is -0.115. The topological polar surface area (TPSA) is 84.0 Å². The summed E-state index contributed by atoms with van der Waals surface area (Å²) >= 11 is 1.28. The molecule has 0 aliphatic rings. The second kappa shape index (κ2) is 8.61. The average molecular weight is 368 g/mol. The summed E-state index contributed by atoms with van der Waals surface area (Å²) in [6.07, 6.45) is 1.86. The van der Waals surface area contributed by atoms with Gasteiger partial charge in [-0.15, -0.1) is 10.2 Å². The number of nitrogens with zero attached hydrogens (tertiary/aromatic N) is 2. The first-order valence-corrected chi connectivity index (χ1v) is 8.62. The fourth-order valence-corrected chi connectivity index (χ4v) is 3.21. The number of anilines is 1. The van der Waals surface area contributed by atoms with Crippen molar-refractivity contribution < 1.29 is 18.4 Å². The maximum Gasteiger partial charge on any atom is 0.254 e. The molecule has 0 atom stereocenters. The molecule has 1 aromatic carbocycles. The number of amides is 2. The molecular formula is C16H18F2N4O2S. The SMILES string of the molecule is CCC(CC)c1nnc(NC(=O)CNC(=O)c2ccc(F)cc2F)s1. The number of carbonyl (C=O) groups excluding carboxylic acids is 2. The van der Waals surface area contributed by atoms with E-state index in [1.807, 2.05) is 0 Å². The summed E-state index contributed by atoms with van der Waals surface area (Å²) in [5.74, 6) is -2.79. The van der Waals surface area contributed by atoms with E-state index in [-0.39, 0.29) is 12.1 Å². The number of benzene rings is 1. The molecule has 0 radical (unpaired) electrons. The predicted molar refractivity (Wildman–Crippen MR) is 90.6 cm³/mol. The molecule has 0 saturated carbocycles. The van der Waals surface area contributed by atoms with Crippen molar-refractivity contribution in [3.63, 3.8) is 0 Å². The van der Waals surface area contributed by atoms with Crippen LogP contribution in [0.25, 0.3) is 0 Å². The van der Waals surface area contributed by atoms with Gasteiger partial charge in [-0.25, -0.2) is 8.78 Å². The minimum absolute atomic E-state index is 0.296. The van der Waals surface area contributed by atoms with Gasteiger partial charge in [-0.2, -0.15) is 0 Å².